The fourth-order valence-electron chi connectivity index (χ4n) is 2.48. The van der Waals surface area contributed by atoms with E-state index in [1.54, 1.807) is 0 Å². The van der Waals surface area contributed by atoms with Crippen LogP contribution >= 0.6 is 0 Å². The molecule has 1 atom stereocenters. The van der Waals surface area contributed by atoms with Gasteiger partial charge in [0, 0.05) is 20.1 Å². The van der Waals surface area contributed by atoms with Gasteiger partial charge < -0.3 is 15.5 Å². The molecule has 4 heteroatoms. The van der Waals surface area contributed by atoms with Crippen molar-refractivity contribution in [3.8, 4) is 0 Å². The second-order valence-corrected chi connectivity index (χ2v) is 6.07. The normalized spacial score (nSPS) is 20.2. The third-order valence-electron chi connectivity index (χ3n) is 3.79. The Morgan fingerprint density at radius 3 is 2.53 bits per heavy atom. The van der Waals surface area contributed by atoms with Crippen molar-refractivity contribution in [2.24, 2.45) is 11.1 Å². The van der Waals surface area contributed by atoms with Gasteiger partial charge in [0.05, 0.1) is 6.04 Å². The van der Waals surface area contributed by atoms with E-state index in [0.717, 1.165) is 6.54 Å². The smallest absolute Gasteiger partial charge is 0.320 e. The van der Waals surface area contributed by atoms with E-state index in [9.17, 15) is 4.79 Å². The zero-order valence-corrected chi connectivity index (χ0v) is 12.0. The van der Waals surface area contributed by atoms with Crippen molar-refractivity contribution >= 4 is 6.03 Å². The van der Waals surface area contributed by atoms with Crippen molar-refractivity contribution in [2.45, 2.75) is 19.9 Å². The molecule has 0 radical (unpaired) electrons. The zero-order chi connectivity index (χ0) is 14.0. The summed E-state index contributed by atoms with van der Waals surface area (Å²) in [6.45, 7) is 6.21. The molecule has 2 amide bonds. The molecule has 2 rings (SSSR count). The molecule has 1 fully saturated rings. The summed E-state index contributed by atoms with van der Waals surface area (Å²) in [6.07, 6.45) is 0. The van der Waals surface area contributed by atoms with Crippen molar-refractivity contribution in [3.05, 3.63) is 35.9 Å². The van der Waals surface area contributed by atoms with Crippen LogP contribution in [0, 0.1) is 5.41 Å². The molecule has 1 aromatic carbocycles. The lowest BCUT2D eigenvalue weighted by Crippen LogP contribution is -2.40. The van der Waals surface area contributed by atoms with Crippen LogP contribution in [-0.4, -0.2) is 42.5 Å². The number of nitrogens with zero attached hydrogens (tertiary/aromatic N) is 2. The Kier molecular flexibility index (Phi) is 3.80. The average molecular weight is 261 g/mol. The van der Waals surface area contributed by atoms with Gasteiger partial charge in [0.2, 0.25) is 0 Å². The highest BCUT2D eigenvalue weighted by Crippen LogP contribution is 2.30. The summed E-state index contributed by atoms with van der Waals surface area (Å²) in [7, 11) is 1.87. The Labute approximate surface area is 115 Å². The maximum Gasteiger partial charge on any atom is 0.320 e. The van der Waals surface area contributed by atoms with Crippen LogP contribution in [0.4, 0.5) is 4.79 Å². The lowest BCUT2D eigenvalue weighted by molar-refractivity contribution is 0.177. The van der Waals surface area contributed by atoms with Gasteiger partial charge in [-0.05, 0) is 17.5 Å². The predicted molar refractivity (Wildman–Crippen MR) is 76.8 cm³/mol. The zero-order valence-electron chi connectivity index (χ0n) is 12.0. The molecule has 104 valence electrons. The molecule has 0 aromatic heterocycles. The SMILES string of the molecule is CN1C(=O)N(CC(C)(C)CN)CC1c1ccccc1. The maximum absolute atomic E-state index is 12.3. The Balaban J connectivity index is 2.13. The molecule has 1 saturated heterocycles. The topological polar surface area (TPSA) is 49.6 Å². The van der Waals surface area contributed by atoms with Gasteiger partial charge in [-0.2, -0.15) is 0 Å². The van der Waals surface area contributed by atoms with E-state index < -0.39 is 0 Å². The molecule has 4 nitrogen and oxygen atoms in total. The summed E-state index contributed by atoms with van der Waals surface area (Å²) in [5.41, 5.74) is 6.91. The molecule has 1 heterocycles. The molecule has 0 saturated carbocycles. The highest BCUT2D eigenvalue weighted by molar-refractivity contribution is 5.77. The third-order valence-corrected chi connectivity index (χ3v) is 3.79. The molecule has 19 heavy (non-hydrogen) atoms. The molecule has 1 aromatic rings. The van der Waals surface area contributed by atoms with Gasteiger partial charge in [-0.1, -0.05) is 44.2 Å². The van der Waals surface area contributed by atoms with Crippen LogP contribution in [0.5, 0.6) is 0 Å². The van der Waals surface area contributed by atoms with Gasteiger partial charge in [-0.15, -0.1) is 0 Å². The van der Waals surface area contributed by atoms with Gasteiger partial charge >= 0.3 is 6.03 Å². The minimum Gasteiger partial charge on any atom is -0.330 e. The van der Waals surface area contributed by atoms with E-state index in [4.69, 9.17) is 5.73 Å². The average Bonchev–Trinajstić information content (AvgIpc) is 2.68. The highest BCUT2D eigenvalue weighted by Gasteiger charge is 2.37. The standard InChI is InChI=1S/C15H23N3O/c1-15(2,10-16)11-18-9-13(17(3)14(18)19)12-7-5-4-6-8-12/h4-8,13H,9-11,16H2,1-3H3. The van der Waals surface area contributed by atoms with Gasteiger partial charge in [-0.3, -0.25) is 0 Å². The number of urea groups is 1. The number of nitrogens with two attached hydrogens (primary N) is 1. The van der Waals surface area contributed by atoms with E-state index in [1.807, 2.05) is 35.0 Å². The van der Waals surface area contributed by atoms with E-state index in [1.165, 1.54) is 5.56 Å². The van der Waals surface area contributed by atoms with E-state index >= 15 is 0 Å². The molecular formula is C15H23N3O. The lowest BCUT2D eigenvalue weighted by Gasteiger charge is -2.28. The van der Waals surface area contributed by atoms with Crippen LogP contribution in [-0.2, 0) is 0 Å². The Bertz CT molecular complexity index is 444. The van der Waals surface area contributed by atoms with Crippen LogP contribution in [0.2, 0.25) is 0 Å². The number of hydrogen-bond acceptors (Lipinski definition) is 2. The van der Waals surface area contributed by atoms with Crippen LogP contribution in [0.3, 0.4) is 0 Å². The number of likely N-dealkylation sites (N-methyl/N-ethyl adjacent to an activating group) is 1. The summed E-state index contributed by atoms with van der Waals surface area (Å²) >= 11 is 0. The highest BCUT2D eigenvalue weighted by atomic mass is 16.2. The molecular weight excluding hydrogens is 238 g/mol. The van der Waals surface area contributed by atoms with Crippen molar-refractivity contribution < 1.29 is 4.79 Å². The second kappa shape index (κ2) is 5.21. The molecule has 0 spiro atoms. The first kappa shape index (κ1) is 13.9. The molecule has 0 bridgehead atoms. The summed E-state index contributed by atoms with van der Waals surface area (Å²) in [5, 5.41) is 0. The summed E-state index contributed by atoms with van der Waals surface area (Å²) in [6, 6.07) is 10.4. The van der Waals surface area contributed by atoms with Crippen molar-refractivity contribution in [2.75, 3.05) is 26.7 Å². The Morgan fingerprint density at radius 1 is 1.32 bits per heavy atom. The molecule has 2 N–H and O–H groups in total. The largest absolute Gasteiger partial charge is 0.330 e. The molecule has 1 aliphatic rings. The minimum atomic E-state index is -0.0396. The van der Waals surface area contributed by atoms with Gasteiger partial charge in [0.25, 0.3) is 0 Å². The monoisotopic (exact) mass is 261 g/mol. The molecule has 1 aliphatic heterocycles. The van der Waals surface area contributed by atoms with Crippen LogP contribution in [0.25, 0.3) is 0 Å². The van der Waals surface area contributed by atoms with Crippen molar-refractivity contribution in [3.63, 3.8) is 0 Å². The minimum absolute atomic E-state index is 0.0396. The van der Waals surface area contributed by atoms with Crippen LogP contribution in [0.1, 0.15) is 25.5 Å². The van der Waals surface area contributed by atoms with Gasteiger partial charge in [0.15, 0.2) is 0 Å². The quantitative estimate of drug-likeness (QED) is 0.902. The Hall–Kier alpha value is -1.55. The van der Waals surface area contributed by atoms with E-state index in [0.29, 0.717) is 13.1 Å². The third kappa shape index (κ3) is 2.89. The number of hydrogen-bond donors (Lipinski definition) is 1. The van der Waals surface area contributed by atoms with Crippen molar-refractivity contribution in [1.29, 1.82) is 0 Å². The van der Waals surface area contributed by atoms with Gasteiger partial charge in [-0.25, -0.2) is 4.79 Å². The number of benzene rings is 1. The first-order valence-corrected chi connectivity index (χ1v) is 6.71. The van der Waals surface area contributed by atoms with E-state index in [2.05, 4.69) is 26.0 Å². The fraction of sp³-hybridized carbons (Fsp3) is 0.533. The number of amides is 2. The Morgan fingerprint density at radius 2 is 1.95 bits per heavy atom. The number of carbonyl (C=O) groups is 1. The van der Waals surface area contributed by atoms with Crippen LogP contribution in [0.15, 0.2) is 30.3 Å². The molecule has 0 aliphatic carbocycles. The van der Waals surface area contributed by atoms with Crippen molar-refractivity contribution in [1.82, 2.24) is 9.80 Å². The first-order valence-electron chi connectivity index (χ1n) is 6.71. The number of carbonyl (C=O) groups excluding carboxylic acids is 1. The van der Waals surface area contributed by atoms with Gasteiger partial charge in [0.1, 0.15) is 0 Å². The van der Waals surface area contributed by atoms with E-state index in [-0.39, 0.29) is 17.5 Å². The fourth-order valence-corrected chi connectivity index (χ4v) is 2.48. The number of rotatable bonds is 4. The maximum atomic E-state index is 12.3. The summed E-state index contributed by atoms with van der Waals surface area (Å²) in [5.74, 6) is 0. The predicted octanol–water partition coefficient (Wildman–Crippen LogP) is 2.08. The first-order chi connectivity index (χ1) is 8.94. The molecule has 1 unspecified atom stereocenters. The summed E-state index contributed by atoms with van der Waals surface area (Å²) in [4.78, 5) is 16.0. The van der Waals surface area contributed by atoms with Crippen LogP contribution < -0.4 is 5.73 Å². The lowest BCUT2D eigenvalue weighted by atomic mass is 9.93. The summed E-state index contributed by atoms with van der Waals surface area (Å²) < 4.78 is 0. The second-order valence-electron chi connectivity index (χ2n) is 6.07.